The van der Waals surface area contributed by atoms with E-state index >= 15 is 0 Å². The van der Waals surface area contributed by atoms with Crippen LogP contribution >= 0.6 is 11.6 Å². The van der Waals surface area contributed by atoms with Gasteiger partial charge in [0, 0.05) is 0 Å². The number of rotatable bonds is 3. The van der Waals surface area contributed by atoms with E-state index in [9.17, 15) is 4.79 Å². The summed E-state index contributed by atoms with van der Waals surface area (Å²) in [6.45, 7) is 0. The molecular weight excluding hydrogens is 254 g/mol. The van der Waals surface area contributed by atoms with Gasteiger partial charge in [-0.1, -0.05) is 35.3 Å². The Morgan fingerprint density at radius 3 is 2.61 bits per heavy atom. The van der Waals surface area contributed by atoms with Gasteiger partial charge in [-0.2, -0.15) is 0 Å². The monoisotopic (exact) mass is 267 g/mol. The van der Waals surface area contributed by atoms with Crippen molar-refractivity contribution in [3.63, 3.8) is 0 Å². The van der Waals surface area contributed by atoms with Gasteiger partial charge >= 0.3 is 0 Å². The molecule has 4 N–H and O–H groups in total. The second-order valence-corrected chi connectivity index (χ2v) is 4.76. The van der Waals surface area contributed by atoms with E-state index in [1.807, 2.05) is 0 Å². The largest absolute Gasteiger partial charge is 0.409 e. The summed E-state index contributed by atoms with van der Waals surface area (Å²) in [5.74, 6) is -0.324. The molecule has 0 spiro atoms. The van der Waals surface area contributed by atoms with Crippen LogP contribution in [0.2, 0.25) is 5.02 Å². The normalized spacial score (nSPS) is 17.9. The average molecular weight is 268 g/mol. The van der Waals surface area contributed by atoms with Crippen molar-refractivity contribution in [1.29, 1.82) is 0 Å². The molecule has 5 nitrogen and oxygen atoms in total. The predicted molar refractivity (Wildman–Crippen MR) is 69.8 cm³/mol. The number of carbonyl (C=O) groups is 1. The number of amides is 1. The quantitative estimate of drug-likeness (QED) is 0.339. The number of nitrogens with two attached hydrogens (primary N) is 1. The average Bonchev–Trinajstić information content (AvgIpc) is 2.30. The first-order valence-corrected chi connectivity index (χ1v) is 6.02. The number of carbonyl (C=O) groups excluding carboxylic acids is 1. The maximum Gasteiger partial charge on any atom is 0.238 e. The Labute approximate surface area is 110 Å². The molecule has 1 saturated carbocycles. The van der Waals surface area contributed by atoms with Gasteiger partial charge in [-0.3, -0.25) is 4.79 Å². The first-order chi connectivity index (χ1) is 8.60. The van der Waals surface area contributed by atoms with Gasteiger partial charge in [0.05, 0.1) is 10.7 Å². The molecule has 0 heterocycles. The van der Waals surface area contributed by atoms with Crippen molar-refractivity contribution in [2.45, 2.75) is 19.3 Å². The lowest BCUT2D eigenvalue weighted by atomic mass is 9.67. The maximum absolute atomic E-state index is 12.2. The molecule has 0 aliphatic heterocycles. The zero-order valence-corrected chi connectivity index (χ0v) is 10.4. The zero-order chi connectivity index (χ0) is 13.2. The van der Waals surface area contributed by atoms with Crippen molar-refractivity contribution in [3.05, 3.63) is 29.3 Å². The first kappa shape index (κ1) is 12.7. The van der Waals surface area contributed by atoms with Crippen LogP contribution in [0.15, 0.2) is 29.4 Å². The summed E-state index contributed by atoms with van der Waals surface area (Å²) in [5, 5.41) is 14.9. The lowest BCUT2D eigenvalue weighted by Crippen LogP contribution is -2.51. The standard InChI is InChI=1S/C12H14ClN3O2/c13-8-4-1-2-5-9(8)15-11(17)12(6-3-7-12)10(14)16-18/h1-2,4-5,18H,3,6-7H2,(H2,14,16)(H,15,17). The van der Waals surface area contributed by atoms with E-state index in [1.54, 1.807) is 24.3 Å². The Kier molecular flexibility index (Phi) is 3.43. The third-order valence-electron chi connectivity index (χ3n) is 3.36. The van der Waals surface area contributed by atoms with Crippen LogP contribution in [-0.4, -0.2) is 17.0 Å². The van der Waals surface area contributed by atoms with E-state index in [0.717, 1.165) is 6.42 Å². The van der Waals surface area contributed by atoms with Gasteiger partial charge < -0.3 is 16.3 Å². The fourth-order valence-electron chi connectivity index (χ4n) is 2.03. The fraction of sp³-hybridized carbons (Fsp3) is 0.333. The Hall–Kier alpha value is -1.75. The molecule has 18 heavy (non-hydrogen) atoms. The summed E-state index contributed by atoms with van der Waals surface area (Å²) < 4.78 is 0. The number of oxime groups is 1. The molecule has 0 unspecified atom stereocenters. The van der Waals surface area contributed by atoms with Gasteiger partial charge in [0.2, 0.25) is 5.91 Å². The van der Waals surface area contributed by atoms with Gasteiger partial charge in [-0.15, -0.1) is 0 Å². The maximum atomic E-state index is 12.2. The number of para-hydroxylation sites is 1. The van der Waals surface area contributed by atoms with E-state index in [0.29, 0.717) is 23.6 Å². The summed E-state index contributed by atoms with van der Waals surface area (Å²) in [6, 6.07) is 6.95. The highest BCUT2D eigenvalue weighted by atomic mass is 35.5. The topological polar surface area (TPSA) is 87.7 Å². The summed E-state index contributed by atoms with van der Waals surface area (Å²) in [6.07, 6.45) is 2.05. The molecule has 0 saturated heterocycles. The van der Waals surface area contributed by atoms with Crippen LogP contribution in [0, 0.1) is 5.41 Å². The van der Waals surface area contributed by atoms with Crippen LogP contribution in [0.25, 0.3) is 0 Å². The van der Waals surface area contributed by atoms with Crippen LogP contribution in [0.1, 0.15) is 19.3 Å². The van der Waals surface area contributed by atoms with Gasteiger partial charge in [-0.25, -0.2) is 0 Å². The summed E-state index contributed by atoms with van der Waals surface area (Å²) in [5.41, 5.74) is 5.25. The molecule has 6 heteroatoms. The van der Waals surface area contributed by atoms with Crippen LogP contribution < -0.4 is 11.1 Å². The number of benzene rings is 1. The number of nitrogens with zero attached hydrogens (tertiary/aromatic N) is 1. The van der Waals surface area contributed by atoms with E-state index in [4.69, 9.17) is 22.5 Å². The molecular formula is C12H14ClN3O2. The number of amidine groups is 1. The van der Waals surface area contributed by atoms with Crippen LogP contribution in [0.3, 0.4) is 0 Å². The molecule has 0 bridgehead atoms. The number of hydrogen-bond donors (Lipinski definition) is 3. The molecule has 0 aromatic heterocycles. The fourth-order valence-corrected chi connectivity index (χ4v) is 2.21. The predicted octanol–water partition coefficient (Wildman–Crippen LogP) is 2.20. The number of halogens is 1. The van der Waals surface area contributed by atoms with Crippen molar-refractivity contribution in [2.75, 3.05) is 5.32 Å². The highest BCUT2D eigenvalue weighted by Gasteiger charge is 2.48. The minimum atomic E-state index is -0.895. The first-order valence-electron chi connectivity index (χ1n) is 5.64. The van der Waals surface area contributed by atoms with Crippen LogP contribution in [0.5, 0.6) is 0 Å². The molecule has 1 aliphatic carbocycles. The molecule has 1 aliphatic rings. The third kappa shape index (κ3) is 2.01. The van der Waals surface area contributed by atoms with Gasteiger partial charge in [-0.05, 0) is 25.0 Å². The lowest BCUT2D eigenvalue weighted by Gasteiger charge is -2.38. The Morgan fingerprint density at radius 2 is 2.11 bits per heavy atom. The van der Waals surface area contributed by atoms with Crippen LogP contribution in [-0.2, 0) is 4.79 Å². The van der Waals surface area contributed by atoms with Gasteiger partial charge in [0.1, 0.15) is 5.41 Å². The van der Waals surface area contributed by atoms with E-state index in [1.165, 1.54) is 0 Å². The van der Waals surface area contributed by atoms with Crippen molar-refractivity contribution in [2.24, 2.45) is 16.3 Å². The summed E-state index contributed by atoms with van der Waals surface area (Å²) >= 11 is 5.97. The molecule has 0 radical (unpaired) electrons. The Balaban J connectivity index is 2.20. The molecule has 1 fully saturated rings. The minimum Gasteiger partial charge on any atom is -0.409 e. The molecule has 1 aromatic rings. The van der Waals surface area contributed by atoms with E-state index in [-0.39, 0.29) is 11.7 Å². The van der Waals surface area contributed by atoms with E-state index in [2.05, 4.69) is 10.5 Å². The number of nitrogens with one attached hydrogen (secondary N) is 1. The van der Waals surface area contributed by atoms with E-state index < -0.39 is 5.41 Å². The van der Waals surface area contributed by atoms with Crippen molar-refractivity contribution in [1.82, 2.24) is 0 Å². The van der Waals surface area contributed by atoms with Crippen molar-refractivity contribution in [3.8, 4) is 0 Å². The second kappa shape index (κ2) is 4.86. The van der Waals surface area contributed by atoms with Gasteiger partial charge in [0.25, 0.3) is 0 Å². The number of anilines is 1. The number of hydrogen-bond acceptors (Lipinski definition) is 3. The summed E-state index contributed by atoms with van der Waals surface area (Å²) in [7, 11) is 0. The Bertz CT molecular complexity index is 498. The second-order valence-electron chi connectivity index (χ2n) is 4.35. The molecule has 2 rings (SSSR count). The minimum absolute atomic E-state index is 0.0432. The smallest absolute Gasteiger partial charge is 0.238 e. The summed E-state index contributed by atoms with van der Waals surface area (Å²) in [4.78, 5) is 12.2. The Morgan fingerprint density at radius 1 is 1.44 bits per heavy atom. The highest BCUT2D eigenvalue weighted by Crippen LogP contribution is 2.42. The molecule has 1 amide bonds. The van der Waals surface area contributed by atoms with Crippen LogP contribution in [0.4, 0.5) is 5.69 Å². The highest BCUT2D eigenvalue weighted by molar-refractivity contribution is 6.34. The molecule has 0 atom stereocenters. The zero-order valence-electron chi connectivity index (χ0n) is 9.69. The molecule has 96 valence electrons. The lowest BCUT2D eigenvalue weighted by molar-refractivity contribution is -0.125. The molecule has 1 aromatic carbocycles. The van der Waals surface area contributed by atoms with Crippen molar-refractivity contribution < 1.29 is 10.0 Å². The van der Waals surface area contributed by atoms with Crippen molar-refractivity contribution >= 4 is 29.0 Å². The third-order valence-corrected chi connectivity index (χ3v) is 3.69. The van der Waals surface area contributed by atoms with Gasteiger partial charge in [0.15, 0.2) is 5.84 Å². The SMILES string of the molecule is N/C(=N/O)C1(C(=O)Nc2ccccc2Cl)CCC1.